The van der Waals surface area contributed by atoms with Gasteiger partial charge in [0.05, 0.1) is 6.10 Å². The van der Waals surface area contributed by atoms with Crippen LogP contribution in [0.3, 0.4) is 0 Å². The number of halogens is 2. The summed E-state index contributed by atoms with van der Waals surface area (Å²) in [6, 6.07) is 13.2. The molecule has 0 aliphatic carbocycles. The highest BCUT2D eigenvalue weighted by molar-refractivity contribution is 6.34. The fourth-order valence-electron chi connectivity index (χ4n) is 1.97. The van der Waals surface area contributed by atoms with E-state index in [1.807, 2.05) is 0 Å². The summed E-state index contributed by atoms with van der Waals surface area (Å²) < 4.78 is 0. The number of aliphatic hydroxyl groups is 2. The van der Waals surface area contributed by atoms with Gasteiger partial charge in [0.25, 0.3) is 5.91 Å². The molecule has 6 heteroatoms. The molecule has 4 nitrogen and oxygen atoms in total. The third kappa shape index (κ3) is 4.45. The van der Waals surface area contributed by atoms with Crippen LogP contribution < -0.4 is 5.32 Å². The van der Waals surface area contributed by atoms with Crippen molar-refractivity contribution in [2.75, 3.05) is 6.54 Å². The standard InChI is InChI=1S/C16H15Cl2NO3/c17-12-6-11(7-13(18)8-12)14(20)9-19-16(22)15(21)10-4-2-1-3-5-10/h1-8,14-15,20-21H,9H2,(H,19,22). The van der Waals surface area contributed by atoms with Crippen molar-refractivity contribution in [2.45, 2.75) is 12.2 Å². The van der Waals surface area contributed by atoms with Gasteiger partial charge in [0.1, 0.15) is 0 Å². The summed E-state index contributed by atoms with van der Waals surface area (Å²) in [5, 5.41) is 23.3. The van der Waals surface area contributed by atoms with Gasteiger partial charge in [-0.2, -0.15) is 0 Å². The van der Waals surface area contributed by atoms with E-state index in [9.17, 15) is 15.0 Å². The maximum atomic E-state index is 11.9. The third-order valence-electron chi connectivity index (χ3n) is 3.10. The summed E-state index contributed by atoms with van der Waals surface area (Å²) in [4.78, 5) is 11.9. The molecule has 0 radical (unpaired) electrons. The van der Waals surface area contributed by atoms with Gasteiger partial charge in [-0.1, -0.05) is 53.5 Å². The lowest BCUT2D eigenvalue weighted by Crippen LogP contribution is -2.32. The van der Waals surface area contributed by atoms with Crippen molar-refractivity contribution < 1.29 is 15.0 Å². The molecule has 0 saturated heterocycles. The number of carbonyl (C=O) groups is 1. The molecule has 0 bridgehead atoms. The van der Waals surface area contributed by atoms with Crippen LogP contribution in [0.1, 0.15) is 23.3 Å². The number of hydrogen-bond acceptors (Lipinski definition) is 3. The molecule has 0 fully saturated rings. The van der Waals surface area contributed by atoms with E-state index in [-0.39, 0.29) is 6.54 Å². The SMILES string of the molecule is O=C(NCC(O)c1cc(Cl)cc(Cl)c1)C(O)c1ccccc1. The molecule has 2 aromatic rings. The third-order valence-corrected chi connectivity index (χ3v) is 3.54. The zero-order valence-corrected chi connectivity index (χ0v) is 13.1. The van der Waals surface area contributed by atoms with Crippen LogP contribution in [0.2, 0.25) is 10.0 Å². The Labute approximate surface area is 138 Å². The summed E-state index contributed by atoms with van der Waals surface area (Å²) in [7, 11) is 0. The molecule has 0 heterocycles. The van der Waals surface area contributed by atoms with Gasteiger partial charge in [-0.15, -0.1) is 0 Å². The second kappa shape index (κ2) is 7.61. The first-order chi connectivity index (χ1) is 10.5. The first-order valence-corrected chi connectivity index (χ1v) is 7.37. The molecule has 0 aliphatic heterocycles. The topological polar surface area (TPSA) is 69.6 Å². The largest absolute Gasteiger partial charge is 0.387 e. The van der Waals surface area contributed by atoms with Crippen LogP contribution in [0.4, 0.5) is 0 Å². The highest BCUT2D eigenvalue weighted by atomic mass is 35.5. The maximum absolute atomic E-state index is 11.9. The number of nitrogens with one attached hydrogen (secondary N) is 1. The maximum Gasteiger partial charge on any atom is 0.253 e. The lowest BCUT2D eigenvalue weighted by molar-refractivity contribution is -0.130. The Morgan fingerprint density at radius 2 is 1.59 bits per heavy atom. The molecule has 0 saturated carbocycles. The average molecular weight is 340 g/mol. The number of hydrogen-bond donors (Lipinski definition) is 3. The average Bonchev–Trinajstić information content (AvgIpc) is 2.51. The molecule has 116 valence electrons. The molecule has 0 aromatic heterocycles. The van der Waals surface area contributed by atoms with Gasteiger partial charge < -0.3 is 15.5 Å². The second-order valence-electron chi connectivity index (χ2n) is 4.78. The van der Waals surface area contributed by atoms with Crippen LogP contribution in [0.25, 0.3) is 0 Å². The van der Waals surface area contributed by atoms with E-state index in [0.717, 1.165) is 0 Å². The van der Waals surface area contributed by atoms with Gasteiger partial charge in [0.2, 0.25) is 0 Å². The molecule has 0 spiro atoms. The Balaban J connectivity index is 1.95. The van der Waals surface area contributed by atoms with Gasteiger partial charge in [-0.3, -0.25) is 4.79 Å². The smallest absolute Gasteiger partial charge is 0.253 e. The summed E-state index contributed by atoms with van der Waals surface area (Å²) in [6.45, 7) is -0.0562. The molecule has 2 unspecified atom stereocenters. The van der Waals surface area contributed by atoms with Crippen LogP contribution >= 0.6 is 23.2 Å². The van der Waals surface area contributed by atoms with E-state index < -0.39 is 18.1 Å². The fraction of sp³-hybridized carbons (Fsp3) is 0.188. The van der Waals surface area contributed by atoms with E-state index in [4.69, 9.17) is 23.2 Å². The van der Waals surface area contributed by atoms with E-state index in [0.29, 0.717) is 21.2 Å². The van der Waals surface area contributed by atoms with E-state index in [1.54, 1.807) is 48.5 Å². The summed E-state index contributed by atoms with van der Waals surface area (Å²) >= 11 is 11.7. The van der Waals surface area contributed by atoms with Crippen molar-refractivity contribution in [2.24, 2.45) is 0 Å². The summed E-state index contributed by atoms with van der Waals surface area (Å²) in [5.41, 5.74) is 0.979. The molecule has 2 atom stereocenters. The molecule has 0 aliphatic rings. The normalized spacial score (nSPS) is 13.5. The predicted molar refractivity (Wildman–Crippen MR) is 85.8 cm³/mol. The number of aliphatic hydroxyl groups excluding tert-OH is 2. The highest BCUT2D eigenvalue weighted by Crippen LogP contribution is 2.23. The van der Waals surface area contributed by atoms with Crippen molar-refractivity contribution in [3.63, 3.8) is 0 Å². The van der Waals surface area contributed by atoms with Crippen LogP contribution in [-0.4, -0.2) is 22.7 Å². The first-order valence-electron chi connectivity index (χ1n) is 6.62. The van der Waals surface area contributed by atoms with Gasteiger partial charge in [0, 0.05) is 16.6 Å². The quantitative estimate of drug-likeness (QED) is 0.784. The van der Waals surface area contributed by atoms with E-state index in [1.165, 1.54) is 0 Å². The van der Waals surface area contributed by atoms with E-state index >= 15 is 0 Å². The van der Waals surface area contributed by atoms with Gasteiger partial charge >= 0.3 is 0 Å². The van der Waals surface area contributed by atoms with Crippen LogP contribution in [0.15, 0.2) is 48.5 Å². The molecule has 2 aromatic carbocycles. The Bertz CT molecular complexity index is 629. The van der Waals surface area contributed by atoms with Gasteiger partial charge in [-0.25, -0.2) is 0 Å². The lowest BCUT2D eigenvalue weighted by atomic mass is 10.1. The zero-order chi connectivity index (χ0) is 16.1. The summed E-state index contributed by atoms with van der Waals surface area (Å²) in [6.07, 6.45) is -2.25. The lowest BCUT2D eigenvalue weighted by Gasteiger charge is -2.15. The van der Waals surface area contributed by atoms with Crippen molar-refractivity contribution in [1.29, 1.82) is 0 Å². The number of carbonyl (C=O) groups excluding carboxylic acids is 1. The van der Waals surface area contributed by atoms with Crippen molar-refractivity contribution in [1.82, 2.24) is 5.32 Å². The fourth-order valence-corrected chi connectivity index (χ4v) is 2.51. The molecule has 22 heavy (non-hydrogen) atoms. The molecule has 1 amide bonds. The Hall–Kier alpha value is -1.59. The first kappa shape index (κ1) is 16.8. The van der Waals surface area contributed by atoms with Crippen molar-refractivity contribution in [3.8, 4) is 0 Å². The highest BCUT2D eigenvalue weighted by Gasteiger charge is 2.18. The van der Waals surface area contributed by atoms with Crippen LogP contribution in [0.5, 0.6) is 0 Å². The second-order valence-corrected chi connectivity index (χ2v) is 5.65. The van der Waals surface area contributed by atoms with E-state index in [2.05, 4.69) is 5.32 Å². The monoisotopic (exact) mass is 339 g/mol. The van der Waals surface area contributed by atoms with Crippen LogP contribution in [-0.2, 0) is 4.79 Å². The molecule has 2 rings (SSSR count). The minimum atomic E-state index is -1.28. The van der Waals surface area contributed by atoms with Gasteiger partial charge in [0.15, 0.2) is 6.10 Å². The number of benzene rings is 2. The molecular formula is C16H15Cl2NO3. The van der Waals surface area contributed by atoms with Crippen molar-refractivity contribution >= 4 is 29.1 Å². The Morgan fingerprint density at radius 1 is 1.00 bits per heavy atom. The van der Waals surface area contributed by atoms with Gasteiger partial charge in [-0.05, 0) is 29.3 Å². The van der Waals surface area contributed by atoms with Crippen LogP contribution in [0, 0.1) is 0 Å². The Morgan fingerprint density at radius 3 is 2.18 bits per heavy atom. The predicted octanol–water partition coefficient (Wildman–Crippen LogP) is 2.88. The summed E-state index contributed by atoms with van der Waals surface area (Å²) in [5.74, 6) is -0.585. The number of rotatable bonds is 5. The zero-order valence-electron chi connectivity index (χ0n) is 11.5. The Kier molecular flexibility index (Phi) is 5.80. The number of amides is 1. The molecule has 3 N–H and O–H groups in total. The molecular weight excluding hydrogens is 325 g/mol. The minimum Gasteiger partial charge on any atom is -0.387 e. The minimum absolute atomic E-state index is 0.0562. The van der Waals surface area contributed by atoms with Crippen molar-refractivity contribution in [3.05, 3.63) is 69.7 Å².